The van der Waals surface area contributed by atoms with Crippen molar-refractivity contribution in [2.24, 2.45) is 0 Å². The molecular weight excluding hydrogens is 336 g/mol. The summed E-state index contributed by atoms with van der Waals surface area (Å²) in [6.07, 6.45) is 0. The number of benzene rings is 2. The highest BCUT2D eigenvalue weighted by Crippen LogP contribution is 2.42. The van der Waals surface area contributed by atoms with Crippen molar-refractivity contribution >= 4 is 35.0 Å². The van der Waals surface area contributed by atoms with Gasteiger partial charge in [-0.25, -0.2) is 0 Å². The van der Waals surface area contributed by atoms with Gasteiger partial charge in [-0.1, -0.05) is 12.1 Å². The van der Waals surface area contributed by atoms with Crippen LogP contribution in [0.2, 0.25) is 0 Å². The number of rotatable bonds is 5. The summed E-state index contributed by atoms with van der Waals surface area (Å²) < 4.78 is 5.46. The maximum Gasteiger partial charge on any atom is 0.238 e. The summed E-state index contributed by atoms with van der Waals surface area (Å²) in [6, 6.07) is 15.2. The molecule has 0 spiro atoms. The Balaban J connectivity index is 1.82. The van der Waals surface area contributed by atoms with Gasteiger partial charge in [0.05, 0.1) is 12.4 Å². The fourth-order valence-electron chi connectivity index (χ4n) is 2.75. The van der Waals surface area contributed by atoms with Gasteiger partial charge in [0.1, 0.15) is 11.1 Å². The molecule has 2 aromatic rings. The number of hydrogen-bond acceptors (Lipinski definition) is 4. The average Bonchev–Trinajstić information content (AvgIpc) is 2.98. The maximum atomic E-state index is 12.4. The molecule has 5 nitrogen and oxygen atoms in total. The highest BCUT2D eigenvalue weighted by atomic mass is 32.2. The third-order valence-corrected chi connectivity index (χ3v) is 5.02. The molecule has 2 aromatic carbocycles. The number of anilines is 2. The zero-order valence-corrected chi connectivity index (χ0v) is 15.0. The van der Waals surface area contributed by atoms with Crippen LogP contribution in [0.25, 0.3) is 0 Å². The minimum atomic E-state index is -0.103. The number of carbonyl (C=O) groups is 2. The molecule has 130 valence electrons. The Bertz CT molecular complexity index is 759. The first kappa shape index (κ1) is 17.4. The predicted octanol–water partition coefficient (Wildman–Crippen LogP) is 3.82. The first-order valence-corrected chi connectivity index (χ1v) is 9.17. The number of amides is 2. The van der Waals surface area contributed by atoms with Gasteiger partial charge in [0.15, 0.2) is 0 Å². The Morgan fingerprint density at radius 3 is 2.48 bits per heavy atom. The predicted molar refractivity (Wildman–Crippen MR) is 101 cm³/mol. The second-order valence-corrected chi connectivity index (χ2v) is 6.73. The van der Waals surface area contributed by atoms with Crippen LogP contribution in [0, 0.1) is 0 Å². The van der Waals surface area contributed by atoms with Gasteiger partial charge in [0.2, 0.25) is 11.8 Å². The molecule has 6 heteroatoms. The van der Waals surface area contributed by atoms with Crippen LogP contribution in [0.4, 0.5) is 11.4 Å². The molecule has 1 fully saturated rings. The van der Waals surface area contributed by atoms with Crippen LogP contribution in [0.1, 0.15) is 24.8 Å². The van der Waals surface area contributed by atoms with E-state index in [0.717, 1.165) is 22.7 Å². The lowest BCUT2D eigenvalue weighted by Crippen LogP contribution is -2.27. The van der Waals surface area contributed by atoms with Crippen molar-refractivity contribution in [3.63, 3.8) is 0 Å². The molecule has 1 aliphatic heterocycles. The molecule has 1 aliphatic rings. The topological polar surface area (TPSA) is 58.6 Å². The van der Waals surface area contributed by atoms with E-state index in [-0.39, 0.29) is 17.2 Å². The molecule has 0 saturated carbocycles. The summed E-state index contributed by atoms with van der Waals surface area (Å²) >= 11 is 1.60. The van der Waals surface area contributed by atoms with Gasteiger partial charge >= 0.3 is 0 Å². The van der Waals surface area contributed by atoms with E-state index in [1.165, 1.54) is 6.92 Å². The summed E-state index contributed by atoms with van der Waals surface area (Å²) in [6.45, 7) is 4.03. The molecule has 2 amide bonds. The Hall–Kier alpha value is -2.47. The van der Waals surface area contributed by atoms with Crippen molar-refractivity contribution in [1.82, 2.24) is 0 Å². The van der Waals surface area contributed by atoms with E-state index in [9.17, 15) is 9.59 Å². The van der Waals surface area contributed by atoms with Gasteiger partial charge in [0, 0.05) is 18.3 Å². The van der Waals surface area contributed by atoms with E-state index in [4.69, 9.17) is 4.74 Å². The maximum absolute atomic E-state index is 12.4. The molecule has 1 atom stereocenters. The van der Waals surface area contributed by atoms with Crippen LogP contribution < -0.4 is 15.0 Å². The molecule has 1 heterocycles. The number of nitrogens with one attached hydrogen (secondary N) is 1. The normalized spacial score (nSPS) is 16.8. The number of ether oxygens (including phenoxy) is 1. The van der Waals surface area contributed by atoms with Crippen molar-refractivity contribution in [3.05, 3.63) is 54.1 Å². The van der Waals surface area contributed by atoms with E-state index in [2.05, 4.69) is 5.32 Å². The molecule has 0 unspecified atom stereocenters. The largest absolute Gasteiger partial charge is 0.494 e. The zero-order valence-electron chi connectivity index (χ0n) is 14.2. The summed E-state index contributed by atoms with van der Waals surface area (Å²) in [5, 5.41) is 2.68. The SMILES string of the molecule is CCOc1ccc(N2C(=O)CS[C@@H]2c2ccc(NC(C)=O)cc2)cc1. The van der Waals surface area contributed by atoms with Crippen molar-refractivity contribution in [2.45, 2.75) is 19.2 Å². The number of thioether (sulfide) groups is 1. The number of hydrogen-bond donors (Lipinski definition) is 1. The van der Waals surface area contributed by atoms with Crippen LogP contribution >= 0.6 is 11.8 Å². The van der Waals surface area contributed by atoms with Gasteiger partial charge < -0.3 is 10.1 Å². The van der Waals surface area contributed by atoms with E-state index in [0.29, 0.717) is 12.4 Å². The lowest BCUT2D eigenvalue weighted by atomic mass is 10.1. The Kier molecular flexibility index (Phi) is 5.28. The molecule has 25 heavy (non-hydrogen) atoms. The summed E-state index contributed by atoms with van der Waals surface area (Å²) in [5.74, 6) is 1.23. The Labute approximate surface area is 151 Å². The van der Waals surface area contributed by atoms with Crippen LogP contribution in [0.15, 0.2) is 48.5 Å². The van der Waals surface area contributed by atoms with Crippen LogP contribution in [-0.4, -0.2) is 24.2 Å². The minimum absolute atomic E-state index is 0.0724. The quantitative estimate of drug-likeness (QED) is 0.885. The average molecular weight is 356 g/mol. The highest BCUT2D eigenvalue weighted by Gasteiger charge is 2.33. The lowest BCUT2D eigenvalue weighted by Gasteiger charge is -2.24. The van der Waals surface area contributed by atoms with E-state index < -0.39 is 0 Å². The fraction of sp³-hybridized carbons (Fsp3) is 0.263. The van der Waals surface area contributed by atoms with E-state index in [1.54, 1.807) is 11.8 Å². The van der Waals surface area contributed by atoms with E-state index >= 15 is 0 Å². The summed E-state index contributed by atoms with van der Waals surface area (Å²) in [7, 11) is 0. The third kappa shape index (κ3) is 3.96. The zero-order chi connectivity index (χ0) is 17.8. The van der Waals surface area contributed by atoms with Crippen LogP contribution in [0.3, 0.4) is 0 Å². The number of nitrogens with zero attached hydrogens (tertiary/aromatic N) is 1. The molecule has 3 rings (SSSR count). The third-order valence-electron chi connectivity index (χ3n) is 3.81. The molecule has 1 saturated heterocycles. The van der Waals surface area contributed by atoms with Crippen molar-refractivity contribution in [1.29, 1.82) is 0 Å². The molecule has 0 aliphatic carbocycles. The first-order valence-electron chi connectivity index (χ1n) is 8.12. The Morgan fingerprint density at radius 1 is 1.20 bits per heavy atom. The van der Waals surface area contributed by atoms with Crippen LogP contribution in [0.5, 0.6) is 5.75 Å². The van der Waals surface area contributed by atoms with Crippen molar-refractivity contribution in [2.75, 3.05) is 22.6 Å². The van der Waals surface area contributed by atoms with E-state index in [1.807, 2.05) is 60.4 Å². The monoisotopic (exact) mass is 356 g/mol. The van der Waals surface area contributed by atoms with Gasteiger partial charge in [0.25, 0.3) is 0 Å². The second-order valence-electron chi connectivity index (χ2n) is 5.66. The smallest absolute Gasteiger partial charge is 0.238 e. The standard InChI is InChI=1S/C19H20N2O3S/c1-3-24-17-10-8-16(9-11-17)21-18(23)12-25-19(21)14-4-6-15(7-5-14)20-13(2)22/h4-11,19H,3,12H2,1-2H3,(H,20,22)/t19-/m1/s1. The fourth-order valence-corrected chi connectivity index (χ4v) is 3.93. The van der Waals surface area contributed by atoms with Crippen molar-refractivity contribution < 1.29 is 14.3 Å². The van der Waals surface area contributed by atoms with Gasteiger partial charge in [-0.2, -0.15) is 0 Å². The molecule has 0 aromatic heterocycles. The van der Waals surface area contributed by atoms with Gasteiger partial charge in [-0.3, -0.25) is 14.5 Å². The first-order chi connectivity index (χ1) is 12.1. The molecular formula is C19H20N2O3S. The number of carbonyl (C=O) groups excluding carboxylic acids is 2. The van der Waals surface area contributed by atoms with Gasteiger partial charge in [-0.15, -0.1) is 11.8 Å². The summed E-state index contributed by atoms with van der Waals surface area (Å²) in [4.78, 5) is 25.3. The second kappa shape index (κ2) is 7.61. The molecule has 0 bridgehead atoms. The van der Waals surface area contributed by atoms with Crippen molar-refractivity contribution in [3.8, 4) is 5.75 Å². The molecule has 0 radical (unpaired) electrons. The van der Waals surface area contributed by atoms with Crippen LogP contribution in [-0.2, 0) is 9.59 Å². The summed E-state index contributed by atoms with van der Waals surface area (Å²) in [5.41, 5.74) is 2.63. The highest BCUT2D eigenvalue weighted by molar-refractivity contribution is 8.00. The molecule has 1 N–H and O–H groups in total. The Morgan fingerprint density at radius 2 is 1.88 bits per heavy atom. The van der Waals surface area contributed by atoms with Gasteiger partial charge in [-0.05, 0) is 48.9 Å². The minimum Gasteiger partial charge on any atom is -0.494 e. The lowest BCUT2D eigenvalue weighted by molar-refractivity contribution is -0.116.